The zero-order valence-electron chi connectivity index (χ0n) is 18.4. The molecule has 7 heteroatoms. The van der Waals surface area contributed by atoms with Crippen LogP contribution in [-0.2, 0) is 4.79 Å². The predicted octanol–water partition coefficient (Wildman–Crippen LogP) is 6.84. The number of carbonyl (C=O) groups is 1. The minimum absolute atomic E-state index is 0.0966. The Balaban J connectivity index is 1.45. The van der Waals surface area contributed by atoms with E-state index in [1.54, 1.807) is 13.2 Å². The highest BCUT2D eigenvalue weighted by molar-refractivity contribution is 7.99. The Bertz CT molecular complexity index is 1190. The van der Waals surface area contributed by atoms with Gasteiger partial charge in [-0.05, 0) is 18.6 Å². The standard InChI is InChI=1S/C26H24ClN3O2S/c1-17-15-21(22(32-2)16-20(17)27)28-23(31)13-14-33-26-29-24(18-9-5-3-6-10-18)25(30-26)19-11-7-4-8-12-19/h3-12,15-16H,13-14H2,1-2H3,(H,28,31)(H,29,30). The normalized spacial score (nSPS) is 10.8. The third kappa shape index (κ3) is 5.59. The van der Waals surface area contributed by atoms with Gasteiger partial charge in [0.25, 0.3) is 0 Å². The van der Waals surface area contributed by atoms with E-state index in [1.165, 1.54) is 11.8 Å². The highest BCUT2D eigenvalue weighted by Crippen LogP contribution is 2.33. The van der Waals surface area contributed by atoms with Gasteiger partial charge in [-0.1, -0.05) is 84.0 Å². The maximum absolute atomic E-state index is 12.5. The molecule has 4 rings (SSSR count). The summed E-state index contributed by atoms with van der Waals surface area (Å²) in [5.41, 5.74) is 5.47. The number of amides is 1. The van der Waals surface area contributed by atoms with Crippen LogP contribution in [0.1, 0.15) is 12.0 Å². The summed E-state index contributed by atoms with van der Waals surface area (Å²) in [4.78, 5) is 20.8. The van der Waals surface area contributed by atoms with Gasteiger partial charge in [0, 0.05) is 34.4 Å². The number of halogens is 1. The van der Waals surface area contributed by atoms with Crippen LogP contribution in [0.2, 0.25) is 5.02 Å². The summed E-state index contributed by atoms with van der Waals surface area (Å²) >= 11 is 7.67. The number of hydrogen-bond acceptors (Lipinski definition) is 4. The molecule has 1 amide bonds. The van der Waals surface area contributed by atoms with E-state index >= 15 is 0 Å². The number of aryl methyl sites for hydroxylation is 1. The molecular weight excluding hydrogens is 454 g/mol. The Hall–Kier alpha value is -3.22. The lowest BCUT2D eigenvalue weighted by Gasteiger charge is -2.12. The first-order valence-electron chi connectivity index (χ1n) is 10.5. The molecular formula is C26H24ClN3O2S. The highest BCUT2D eigenvalue weighted by atomic mass is 35.5. The molecule has 0 aliphatic carbocycles. The summed E-state index contributed by atoms with van der Waals surface area (Å²) < 4.78 is 5.34. The van der Waals surface area contributed by atoms with Crippen molar-refractivity contribution in [3.8, 4) is 28.3 Å². The molecule has 4 aromatic rings. The van der Waals surface area contributed by atoms with Crippen molar-refractivity contribution in [2.45, 2.75) is 18.5 Å². The number of carbonyl (C=O) groups excluding carboxylic acids is 1. The minimum Gasteiger partial charge on any atom is -0.495 e. The number of thioether (sulfide) groups is 1. The summed E-state index contributed by atoms with van der Waals surface area (Å²) in [6.07, 6.45) is 0.331. The van der Waals surface area contributed by atoms with Crippen LogP contribution in [-0.4, -0.2) is 28.7 Å². The summed E-state index contributed by atoms with van der Waals surface area (Å²) in [5.74, 6) is 1.02. The summed E-state index contributed by atoms with van der Waals surface area (Å²) in [5, 5.41) is 4.29. The number of nitrogens with zero attached hydrogens (tertiary/aromatic N) is 1. The van der Waals surface area contributed by atoms with E-state index in [0.717, 1.165) is 33.2 Å². The van der Waals surface area contributed by atoms with Crippen LogP contribution in [0, 0.1) is 6.92 Å². The van der Waals surface area contributed by atoms with Crippen molar-refractivity contribution in [2.75, 3.05) is 18.2 Å². The van der Waals surface area contributed by atoms with Gasteiger partial charge in [-0.2, -0.15) is 0 Å². The van der Waals surface area contributed by atoms with E-state index in [9.17, 15) is 4.79 Å². The zero-order valence-corrected chi connectivity index (χ0v) is 20.0. The number of H-pyrrole nitrogens is 1. The third-order valence-corrected chi connectivity index (χ3v) is 6.40. The van der Waals surface area contributed by atoms with Crippen molar-refractivity contribution in [3.63, 3.8) is 0 Å². The highest BCUT2D eigenvalue weighted by Gasteiger charge is 2.15. The number of hydrogen-bond donors (Lipinski definition) is 2. The Morgan fingerprint density at radius 1 is 1.06 bits per heavy atom. The fourth-order valence-electron chi connectivity index (χ4n) is 3.42. The first-order chi connectivity index (χ1) is 16.0. The lowest BCUT2D eigenvalue weighted by atomic mass is 10.1. The van der Waals surface area contributed by atoms with Gasteiger partial charge < -0.3 is 15.0 Å². The van der Waals surface area contributed by atoms with Crippen molar-refractivity contribution in [1.29, 1.82) is 0 Å². The van der Waals surface area contributed by atoms with E-state index in [1.807, 2.05) is 61.5 Å². The molecule has 3 aromatic carbocycles. The van der Waals surface area contributed by atoms with Crippen molar-refractivity contribution in [3.05, 3.63) is 83.4 Å². The number of aromatic nitrogens is 2. The molecule has 5 nitrogen and oxygen atoms in total. The van der Waals surface area contributed by atoms with E-state index in [-0.39, 0.29) is 5.91 Å². The number of nitrogens with one attached hydrogen (secondary N) is 2. The molecule has 0 saturated heterocycles. The van der Waals surface area contributed by atoms with Gasteiger partial charge >= 0.3 is 0 Å². The largest absolute Gasteiger partial charge is 0.495 e. The molecule has 0 unspecified atom stereocenters. The number of imidazole rings is 1. The van der Waals surface area contributed by atoms with Crippen molar-refractivity contribution >= 4 is 35.0 Å². The monoisotopic (exact) mass is 477 g/mol. The Kier molecular flexibility index (Phi) is 7.37. The predicted molar refractivity (Wildman–Crippen MR) is 136 cm³/mol. The number of aromatic amines is 1. The molecule has 0 aliphatic heterocycles. The molecule has 0 bridgehead atoms. The number of rotatable bonds is 8. The van der Waals surface area contributed by atoms with Crippen LogP contribution >= 0.6 is 23.4 Å². The van der Waals surface area contributed by atoms with Gasteiger partial charge in [0.05, 0.1) is 24.2 Å². The van der Waals surface area contributed by atoms with Gasteiger partial charge in [-0.3, -0.25) is 4.79 Å². The molecule has 1 aromatic heterocycles. The van der Waals surface area contributed by atoms with Gasteiger partial charge in [0.15, 0.2) is 5.16 Å². The van der Waals surface area contributed by atoms with Crippen LogP contribution in [0.4, 0.5) is 5.69 Å². The van der Waals surface area contributed by atoms with Gasteiger partial charge in [0.1, 0.15) is 5.75 Å². The Morgan fingerprint density at radius 3 is 2.39 bits per heavy atom. The van der Waals surface area contributed by atoms with Gasteiger partial charge in [-0.15, -0.1) is 0 Å². The van der Waals surface area contributed by atoms with Crippen LogP contribution in [0.25, 0.3) is 22.5 Å². The first-order valence-corrected chi connectivity index (χ1v) is 11.9. The number of ether oxygens (including phenoxy) is 1. The summed E-state index contributed by atoms with van der Waals surface area (Å²) in [6, 6.07) is 23.7. The smallest absolute Gasteiger partial charge is 0.225 e. The van der Waals surface area contributed by atoms with Crippen molar-refractivity contribution in [1.82, 2.24) is 9.97 Å². The molecule has 0 fully saturated rings. The van der Waals surface area contributed by atoms with Crippen LogP contribution < -0.4 is 10.1 Å². The van der Waals surface area contributed by atoms with Crippen LogP contribution in [0.15, 0.2) is 78.0 Å². The van der Waals surface area contributed by atoms with Crippen molar-refractivity contribution in [2.24, 2.45) is 0 Å². The van der Waals surface area contributed by atoms with Crippen LogP contribution in [0.5, 0.6) is 5.75 Å². The molecule has 2 N–H and O–H groups in total. The topological polar surface area (TPSA) is 67.0 Å². The quantitative estimate of drug-likeness (QED) is 0.273. The Morgan fingerprint density at radius 2 is 1.73 bits per heavy atom. The van der Waals surface area contributed by atoms with Crippen LogP contribution in [0.3, 0.4) is 0 Å². The van der Waals surface area contributed by atoms with E-state index in [0.29, 0.717) is 28.6 Å². The zero-order chi connectivity index (χ0) is 23.2. The SMILES string of the molecule is COc1cc(Cl)c(C)cc1NC(=O)CCSc1nc(-c2ccccc2)c(-c2ccccc2)[nH]1. The van der Waals surface area contributed by atoms with E-state index < -0.39 is 0 Å². The fourth-order valence-corrected chi connectivity index (χ4v) is 4.39. The molecule has 0 radical (unpaired) electrons. The molecule has 0 saturated carbocycles. The Labute approximate surface area is 202 Å². The molecule has 0 spiro atoms. The summed E-state index contributed by atoms with van der Waals surface area (Å²) in [6.45, 7) is 1.89. The van der Waals surface area contributed by atoms with Gasteiger partial charge in [0.2, 0.25) is 5.91 Å². The average molecular weight is 478 g/mol. The molecule has 168 valence electrons. The molecule has 0 aliphatic rings. The number of methoxy groups -OCH3 is 1. The van der Waals surface area contributed by atoms with Crippen molar-refractivity contribution < 1.29 is 9.53 Å². The van der Waals surface area contributed by atoms with E-state index in [4.69, 9.17) is 21.3 Å². The fraction of sp³-hybridized carbons (Fsp3) is 0.154. The second-order valence-electron chi connectivity index (χ2n) is 7.45. The van der Waals surface area contributed by atoms with E-state index in [2.05, 4.69) is 22.4 Å². The lowest BCUT2D eigenvalue weighted by Crippen LogP contribution is -2.13. The number of benzene rings is 3. The maximum atomic E-state index is 12.5. The maximum Gasteiger partial charge on any atom is 0.225 e. The van der Waals surface area contributed by atoms with Gasteiger partial charge in [-0.25, -0.2) is 4.98 Å². The number of anilines is 1. The lowest BCUT2D eigenvalue weighted by molar-refractivity contribution is -0.115. The summed E-state index contributed by atoms with van der Waals surface area (Å²) in [7, 11) is 1.55. The first kappa shape index (κ1) is 23.0. The average Bonchev–Trinajstić information content (AvgIpc) is 3.26. The second kappa shape index (κ2) is 10.6. The molecule has 33 heavy (non-hydrogen) atoms. The minimum atomic E-state index is -0.0966. The molecule has 1 heterocycles. The third-order valence-electron chi connectivity index (χ3n) is 5.11. The molecule has 0 atom stereocenters. The second-order valence-corrected chi connectivity index (χ2v) is 8.94.